The van der Waals surface area contributed by atoms with Crippen molar-refractivity contribution in [2.75, 3.05) is 26.3 Å². The number of carbonyl (C=O) groups excluding carboxylic acids is 1. The number of rotatable bonds is 6. The molecule has 0 radical (unpaired) electrons. The van der Waals surface area contributed by atoms with Crippen molar-refractivity contribution in [2.24, 2.45) is 0 Å². The first kappa shape index (κ1) is 22.6. The van der Waals surface area contributed by atoms with E-state index in [1.165, 1.54) is 28.6 Å². The zero-order valence-electron chi connectivity index (χ0n) is 16.8. The Balaban J connectivity index is 1.46. The lowest BCUT2D eigenvalue weighted by Gasteiger charge is -2.26. The third-order valence-electron chi connectivity index (χ3n) is 4.94. The number of H-pyrrole nitrogens is 1. The third-order valence-corrected chi connectivity index (χ3v) is 7.36. The molecule has 3 aromatic rings. The average Bonchev–Trinajstić information content (AvgIpc) is 3.18. The highest BCUT2D eigenvalue weighted by molar-refractivity contribution is 7.89. The van der Waals surface area contributed by atoms with Crippen molar-refractivity contribution in [1.29, 1.82) is 0 Å². The molecule has 12 heteroatoms. The maximum Gasteiger partial charge on any atom is 0.251 e. The molecule has 1 fully saturated rings. The number of amides is 1. The number of carbonyl (C=O) groups is 1. The van der Waals surface area contributed by atoms with Crippen LogP contribution in [0.4, 0.5) is 0 Å². The van der Waals surface area contributed by atoms with E-state index in [1.807, 2.05) is 6.07 Å². The van der Waals surface area contributed by atoms with Gasteiger partial charge in [0.1, 0.15) is 0 Å². The molecule has 2 N–H and O–H groups in total. The van der Waals surface area contributed by atoms with Crippen LogP contribution in [0.5, 0.6) is 0 Å². The normalized spacial score (nSPS) is 14.9. The van der Waals surface area contributed by atoms with Gasteiger partial charge in [-0.1, -0.05) is 17.7 Å². The first-order chi connectivity index (χ1) is 15.4. The molecule has 0 spiro atoms. The molecule has 2 heterocycles. The van der Waals surface area contributed by atoms with Crippen LogP contribution in [0.1, 0.15) is 16.2 Å². The van der Waals surface area contributed by atoms with Crippen molar-refractivity contribution in [3.63, 3.8) is 0 Å². The number of nitrogens with one attached hydrogen (secondary N) is 2. The summed E-state index contributed by atoms with van der Waals surface area (Å²) in [4.78, 5) is 12.7. The maximum absolute atomic E-state index is 12.7. The Morgan fingerprint density at radius 1 is 1.19 bits per heavy atom. The number of morpholine rings is 1. The van der Waals surface area contributed by atoms with Crippen LogP contribution in [0.2, 0.25) is 5.02 Å². The molecule has 0 saturated carbocycles. The van der Waals surface area contributed by atoms with E-state index in [0.717, 1.165) is 5.69 Å². The summed E-state index contributed by atoms with van der Waals surface area (Å²) in [7, 11) is -3.62. The van der Waals surface area contributed by atoms with Crippen LogP contribution in [0.25, 0.3) is 5.69 Å². The van der Waals surface area contributed by atoms with Gasteiger partial charge in [0, 0.05) is 23.7 Å². The number of aromatic amines is 1. The fourth-order valence-electron chi connectivity index (χ4n) is 3.31. The molecular formula is C20H20ClN5O4S2. The number of hydrogen-bond acceptors (Lipinski definition) is 6. The SMILES string of the molecule is O=C(NCc1n[nH]c(=S)n1-c1cccc(Cl)c1)c1ccc(S(=O)(=O)N2CCOCC2)cc1. The number of sulfonamides is 1. The van der Waals surface area contributed by atoms with Crippen LogP contribution in [-0.2, 0) is 21.3 Å². The van der Waals surface area contributed by atoms with Gasteiger partial charge >= 0.3 is 0 Å². The molecule has 4 rings (SSSR count). The lowest BCUT2D eigenvalue weighted by atomic mass is 10.2. The molecule has 0 unspecified atom stereocenters. The highest BCUT2D eigenvalue weighted by Crippen LogP contribution is 2.19. The zero-order chi connectivity index (χ0) is 22.7. The van der Waals surface area contributed by atoms with Gasteiger partial charge in [-0.3, -0.25) is 14.5 Å². The van der Waals surface area contributed by atoms with Crippen molar-refractivity contribution in [3.8, 4) is 5.69 Å². The highest BCUT2D eigenvalue weighted by atomic mass is 35.5. The Labute approximate surface area is 195 Å². The standard InChI is InChI=1S/C20H20ClN5O4S2/c21-15-2-1-3-16(12-15)26-18(23-24-20(26)31)13-22-19(27)14-4-6-17(7-5-14)32(28,29)25-8-10-30-11-9-25/h1-7,12H,8-11,13H2,(H,22,27)(H,24,31). The summed E-state index contributed by atoms with van der Waals surface area (Å²) in [5.41, 5.74) is 1.05. The van der Waals surface area contributed by atoms with Gasteiger partial charge in [-0.15, -0.1) is 0 Å². The molecule has 2 aromatic carbocycles. The smallest absolute Gasteiger partial charge is 0.251 e. The Kier molecular flexibility index (Phi) is 6.72. The van der Waals surface area contributed by atoms with Crippen LogP contribution in [0.3, 0.4) is 0 Å². The van der Waals surface area contributed by atoms with Crippen molar-refractivity contribution in [1.82, 2.24) is 24.4 Å². The second-order valence-electron chi connectivity index (χ2n) is 6.98. The monoisotopic (exact) mass is 493 g/mol. The molecule has 1 aliphatic heterocycles. The summed E-state index contributed by atoms with van der Waals surface area (Å²) in [5.74, 6) is 0.129. The minimum atomic E-state index is -3.62. The summed E-state index contributed by atoms with van der Waals surface area (Å²) in [6.45, 7) is 1.46. The highest BCUT2D eigenvalue weighted by Gasteiger charge is 2.26. The molecule has 1 aromatic heterocycles. The Morgan fingerprint density at radius 2 is 1.91 bits per heavy atom. The topological polar surface area (TPSA) is 109 Å². The number of aromatic nitrogens is 3. The van der Waals surface area contributed by atoms with Crippen LogP contribution >= 0.6 is 23.8 Å². The third kappa shape index (κ3) is 4.76. The Bertz CT molecular complexity index is 1280. The minimum Gasteiger partial charge on any atom is -0.379 e. The number of halogens is 1. The van der Waals surface area contributed by atoms with Gasteiger partial charge in [-0.25, -0.2) is 8.42 Å². The van der Waals surface area contributed by atoms with Crippen LogP contribution in [-0.4, -0.2) is 59.7 Å². The van der Waals surface area contributed by atoms with Crippen LogP contribution in [0.15, 0.2) is 53.4 Å². The fraction of sp³-hybridized carbons (Fsp3) is 0.250. The second-order valence-corrected chi connectivity index (χ2v) is 9.74. The van der Waals surface area contributed by atoms with E-state index in [2.05, 4.69) is 15.5 Å². The number of hydrogen-bond donors (Lipinski definition) is 2. The molecule has 0 bridgehead atoms. The molecular weight excluding hydrogens is 474 g/mol. The van der Waals surface area contributed by atoms with E-state index in [4.69, 9.17) is 28.6 Å². The van der Waals surface area contributed by atoms with E-state index in [1.54, 1.807) is 22.8 Å². The van der Waals surface area contributed by atoms with Crippen molar-refractivity contribution in [2.45, 2.75) is 11.4 Å². The molecule has 9 nitrogen and oxygen atoms in total. The van der Waals surface area contributed by atoms with Gasteiger partial charge in [0.15, 0.2) is 10.6 Å². The molecule has 1 aliphatic rings. The quantitative estimate of drug-likeness (QED) is 0.511. The van der Waals surface area contributed by atoms with E-state index >= 15 is 0 Å². The summed E-state index contributed by atoms with van der Waals surface area (Å²) < 4.78 is 34.1. The molecule has 0 aliphatic carbocycles. The zero-order valence-corrected chi connectivity index (χ0v) is 19.2. The first-order valence-corrected chi connectivity index (χ1v) is 12.0. The van der Waals surface area contributed by atoms with Crippen molar-refractivity contribution < 1.29 is 17.9 Å². The first-order valence-electron chi connectivity index (χ1n) is 9.74. The van der Waals surface area contributed by atoms with Gasteiger partial charge in [0.2, 0.25) is 10.0 Å². The largest absolute Gasteiger partial charge is 0.379 e. The maximum atomic E-state index is 12.7. The van der Waals surface area contributed by atoms with Crippen LogP contribution < -0.4 is 5.32 Å². The molecule has 168 valence electrons. The lowest BCUT2D eigenvalue weighted by molar-refractivity contribution is 0.0730. The lowest BCUT2D eigenvalue weighted by Crippen LogP contribution is -2.40. The predicted octanol–water partition coefficient (Wildman–Crippen LogP) is 2.53. The van der Waals surface area contributed by atoms with E-state index in [9.17, 15) is 13.2 Å². The van der Waals surface area contributed by atoms with E-state index in [-0.39, 0.29) is 17.3 Å². The summed E-state index contributed by atoms with van der Waals surface area (Å²) in [6.07, 6.45) is 0. The Hall–Kier alpha value is -2.57. The van der Waals surface area contributed by atoms with Crippen LogP contribution in [0, 0.1) is 4.77 Å². The van der Waals surface area contributed by atoms with Gasteiger partial charge < -0.3 is 10.1 Å². The molecule has 1 saturated heterocycles. The van der Waals surface area contributed by atoms with Gasteiger partial charge in [0.25, 0.3) is 5.91 Å². The number of nitrogens with zero attached hydrogens (tertiary/aromatic N) is 3. The molecule has 0 atom stereocenters. The van der Waals surface area contributed by atoms with Crippen molar-refractivity contribution in [3.05, 3.63) is 69.7 Å². The predicted molar refractivity (Wildman–Crippen MR) is 121 cm³/mol. The van der Waals surface area contributed by atoms with Gasteiger partial charge in [-0.05, 0) is 54.7 Å². The van der Waals surface area contributed by atoms with Crippen molar-refractivity contribution >= 4 is 39.7 Å². The van der Waals surface area contributed by atoms with Gasteiger partial charge in [-0.2, -0.15) is 9.40 Å². The van der Waals surface area contributed by atoms with Gasteiger partial charge in [0.05, 0.1) is 30.3 Å². The molecule has 1 amide bonds. The summed E-state index contributed by atoms with van der Waals surface area (Å²) >= 11 is 11.4. The average molecular weight is 494 g/mol. The Morgan fingerprint density at radius 3 is 2.59 bits per heavy atom. The number of ether oxygens (including phenoxy) is 1. The minimum absolute atomic E-state index is 0.103. The second kappa shape index (κ2) is 9.51. The van der Waals surface area contributed by atoms with E-state index < -0.39 is 10.0 Å². The number of benzene rings is 2. The fourth-order valence-corrected chi connectivity index (χ4v) is 5.15. The summed E-state index contributed by atoms with van der Waals surface area (Å²) in [5, 5.41) is 10.2. The van der Waals surface area contributed by atoms with E-state index in [0.29, 0.717) is 47.5 Å². The molecule has 32 heavy (non-hydrogen) atoms. The summed E-state index contributed by atoms with van der Waals surface area (Å²) in [6, 6.07) is 12.9.